The van der Waals surface area contributed by atoms with Crippen LogP contribution >= 0.6 is 0 Å². The molecule has 0 spiro atoms. The highest BCUT2D eigenvalue weighted by Gasteiger charge is 2.19. The van der Waals surface area contributed by atoms with Crippen molar-refractivity contribution in [1.82, 2.24) is 5.32 Å². The number of aliphatic carboxylic acids is 1. The van der Waals surface area contributed by atoms with Gasteiger partial charge >= 0.3 is 5.97 Å². The molecule has 0 unspecified atom stereocenters. The molecule has 1 fully saturated rings. The number of carbonyl (C=O) groups excluding carboxylic acids is 1. The van der Waals surface area contributed by atoms with Crippen molar-refractivity contribution in [2.45, 2.75) is 44.7 Å². The number of nitrogens with zero attached hydrogens (tertiary/aromatic N) is 2. The van der Waals surface area contributed by atoms with Crippen LogP contribution in [0.5, 0.6) is 17.2 Å². The Morgan fingerprint density at radius 3 is 2.30 bits per heavy atom. The van der Waals surface area contributed by atoms with E-state index in [1.165, 1.54) is 12.8 Å². The smallest absolute Gasteiger partial charge is 0.320 e. The fourth-order valence-electron chi connectivity index (χ4n) is 4.95. The minimum absolute atomic E-state index is 0.0353. The zero-order valence-corrected chi connectivity index (χ0v) is 25.0. The van der Waals surface area contributed by atoms with Crippen LogP contribution in [0.4, 0.5) is 5.69 Å². The van der Waals surface area contributed by atoms with E-state index >= 15 is 0 Å². The van der Waals surface area contributed by atoms with E-state index in [0.29, 0.717) is 41.6 Å². The largest absolute Gasteiger partial charge is 0.487 e. The molecule has 1 amide bonds. The van der Waals surface area contributed by atoms with Gasteiger partial charge in [0.25, 0.3) is 5.91 Å². The molecular formula is C33H41N5O6. The van der Waals surface area contributed by atoms with E-state index in [4.69, 9.17) is 30.8 Å². The second-order valence-electron chi connectivity index (χ2n) is 10.5. The molecule has 11 nitrogen and oxygen atoms in total. The highest BCUT2D eigenvalue weighted by atomic mass is 16.5. The number of methoxy groups -OCH3 is 1. The van der Waals surface area contributed by atoms with Gasteiger partial charge in [0.2, 0.25) is 0 Å². The molecule has 3 aromatic carbocycles. The molecule has 11 heteroatoms. The summed E-state index contributed by atoms with van der Waals surface area (Å²) < 4.78 is 17.4. The lowest BCUT2D eigenvalue weighted by Crippen LogP contribution is -2.37. The Bertz CT molecular complexity index is 1420. The quantitative estimate of drug-likeness (QED) is 0.128. The Morgan fingerprint density at radius 1 is 0.932 bits per heavy atom. The zero-order chi connectivity index (χ0) is 31.3. The van der Waals surface area contributed by atoms with Gasteiger partial charge in [0.1, 0.15) is 18.4 Å². The van der Waals surface area contributed by atoms with Crippen molar-refractivity contribution in [1.29, 1.82) is 0 Å². The lowest BCUT2D eigenvalue weighted by molar-refractivity contribution is -0.138. The number of carboxylic acid groups (broad SMARTS) is 1. The minimum Gasteiger partial charge on any atom is -0.487 e. The highest BCUT2D eigenvalue weighted by molar-refractivity contribution is 6.05. The number of rotatable bonds is 13. The topological polar surface area (TPSA) is 162 Å². The molecule has 0 saturated carbocycles. The number of hydrogen-bond acceptors (Lipinski definition) is 8. The van der Waals surface area contributed by atoms with Gasteiger partial charge in [-0.1, -0.05) is 43.2 Å². The van der Waals surface area contributed by atoms with E-state index in [-0.39, 0.29) is 18.9 Å². The number of nitrogens with two attached hydrogens (primary N) is 2. The Morgan fingerprint density at radius 2 is 1.61 bits per heavy atom. The van der Waals surface area contributed by atoms with Crippen molar-refractivity contribution in [3.63, 3.8) is 0 Å². The summed E-state index contributed by atoms with van der Waals surface area (Å²) in [6, 6.07) is 18.9. The van der Waals surface area contributed by atoms with E-state index in [1.807, 2.05) is 36.4 Å². The number of benzene rings is 3. The summed E-state index contributed by atoms with van der Waals surface area (Å²) in [6.45, 7) is 2.86. The summed E-state index contributed by atoms with van der Waals surface area (Å²) in [4.78, 5) is 30.8. The van der Waals surface area contributed by atoms with Crippen LogP contribution in [-0.4, -0.2) is 62.4 Å². The molecule has 1 saturated heterocycles. The molecule has 234 valence electrons. The van der Waals surface area contributed by atoms with Crippen LogP contribution in [0.15, 0.2) is 71.7 Å². The minimum atomic E-state index is -1.08. The van der Waals surface area contributed by atoms with E-state index < -0.39 is 17.9 Å². The first kappa shape index (κ1) is 32.3. The highest BCUT2D eigenvalue weighted by Crippen LogP contribution is 2.37. The monoisotopic (exact) mass is 603 g/mol. The second-order valence-corrected chi connectivity index (χ2v) is 10.5. The molecule has 44 heavy (non-hydrogen) atoms. The molecular weight excluding hydrogens is 562 g/mol. The number of guanidine groups is 1. The molecule has 1 atom stereocenters. The lowest BCUT2D eigenvalue weighted by Gasteiger charge is -2.26. The summed E-state index contributed by atoms with van der Waals surface area (Å²) in [5, 5.41) is 11.7. The molecule has 0 aliphatic carbocycles. The number of ether oxygens (including phenoxy) is 3. The average molecular weight is 604 g/mol. The van der Waals surface area contributed by atoms with E-state index in [1.54, 1.807) is 31.4 Å². The van der Waals surface area contributed by atoms with Crippen LogP contribution in [-0.2, 0) is 22.5 Å². The maximum atomic E-state index is 12.9. The lowest BCUT2D eigenvalue weighted by atomic mass is 10.0. The molecule has 1 heterocycles. The van der Waals surface area contributed by atoms with Gasteiger partial charge in [0.15, 0.2) is 17.5 Å². The molecule has 3 aromatic rings. The third-order valence-corrected chi connectivity index (χ3v) is 7.31. The number of para-hydroxylation sites is 2. The molecule has 6 N–H and O–H groups in total. The molecule has 0 radical (unpaired) electrons. The number of nitrogens with one attached hydrogen (secondary N) is 1. The first-order chi connectivity index (χ1) is 21.4. The fraction of sp³-hybridized carbons (Fsp3) is 0.364. The maximum absolute atomic E-state index is 12.9. The van der Waals surface area contributed by atoms with Crippen molar-refractivity contribution in [3.05, 3.63) is 83.4 Å². The molecule has 4 rings (SSSR count). The van der Waals surface area contributed by atoms with Crippen molar-refractivity contribution >= 4 is 23.5 Å². The van der Waals surface area contributed by atoms with Crippen LogP contribution < -0.4 is 31.2 Å². The third-order valence-electron chi connectivity index (χ3n) is 7.31. The fourth-order valence-corrected chi connectivity index (χ4v) is 4.95. The molecule has 0 aromatic heterocycles. The van der Waals surface area contributed by atoms with Crippen LogP contribution in [0.1, 0.15) is 47.2 Å². The predicted molar refractivity (Wildman–Crippen MR) is 170 cm³/mol. The van der Waals surface area contributed by atoms with Gasteiger partial charge in [0, 0.05) is 37.0 Å². The third kappa shape index (κ3) is 9.19. The van der Waals surface area contributed by atoms with Gasteiger partial charge in [0.05, 0.1) is 13.2 Å². The van der Waals surface area contributed by atoms with Crippen molar-refractivity contribution in [2.75, 3.05) is 38.3 Å². The predicted octanol–water partition coefficient (Wildman–Crippen LogP) is 4.08. The zero-order valence-electron chi connectivity index (χ0n) is 25.0. The number of aliphatic imine (C=N–C) groups is 1. The summed E-state index contributed by atoms with van der Waals surface area (Å²) in [5.74, 6) is 0.235. The number of amides is 1. The molecule has 0 bridgehead atoms. The first-order valence-electron chi connectivity index (χ1n) is 14.8. The van der Waals surface area contributed by atoms with Gasteiger partial charge in [-0.05, 0) is 61.2 Å². The number of carboxylic acids is 1. The summed E-state index contributed by atoms with van der Waals surface area (Å²) in [5.41, 5.74) is 14.7. The van der Waals surface area contributed by atoms with Gasteiger partial charge in [-0.3, -0.25) is 14.9 Å². The van der Waals surface area contributed by atoms with Crippen LogP contribution in [0.3, 0.4) is 0 Å². The average Bonchev–Trinajstić information content (AvgIpc) is 3.31. The normalized spacial score (nSPS) is 14.4. The Balaban J connectivity index is 1.54. The number of anilines is 1. The Labute approximate surface area is 257 Å². The van der Waals surface area contributed by atoms with E-state index in [9.17, 15) is 9.59 Å². The van der Waals surface area contributed by atoms with Gasteiger partial charge in [-0.2, -0.15) is 0 Å². The standard InChI is InChI=1S/C33H41N5O6/c1-42-19-20-43-29-10-4-5-11-30(29)44-28-12-8-9-27(38-17-6-2-3-7-18-38)25(28)22-36-33(35)37-31(39)24-15-13-23(14-16-24)21-26(34)32(40)41/h4-5,8-16,26H,2-3,6-7,17-22,34H2,1H3,(H,40,41)(H3,35,36,37,39)/t26-/m0/s1. The van der Waals surface area contributed by atoms with Crippen molar-refractivity contribution in [3.8, 4) is 17.2 Å². The van der Waals surface area contributed by atoms with Gasteiger partial charge < -0.3 is 35.7 Å². The van der Waals surface area contributed by atoms with Crippen molar-refractivity contribution in [2.24, 2.45) is 16.5 Å². The summed E-state index contributed by atoms with van der Waals surface area (Å²) >= 11 is 0. The maximum Gasteiger partial charge on any atom is 0.320 e. The second kappa shape index (κ2) is 16.3. The summed E-state index contributed by atoms with van der Waals surface area (Å²) in [6.07, 6.45) is 4.75. The summed E-state index contributed by atoms with van der Waals surface area (Å²) in [7, 11) is 1.62. The van der Waals surface area contributed by atoms with E-state index in [2.05, 4.69) is 21.3 Å². The number of hydrogen-bond donors (Lipinski definition) is 4. The first-order valence-corrected chi connectivity index (χ1v) is 14.8. The SMILES string of the molecule is COCCOc1ccccc1Oc1cccc(N2CCCCCC2)c1CN=C(N)NC(=O)c1ccc(C[C@H](N)C(=O)O)cc1. The van der Waals surface area contributed by atoms with Crippen LogP contribution in [0.25, 0.3) is 0 Å². The number of carbonyl (C=O) groups is 2. The Kier molecular flexibility index (Phi) is 12.0. The van der Waals surface area contributed by atoms with E-state index in [0.717, 1.165) is 37.2 Å². The van der Waals surface area contributed by atoms with Crippen molar-refractivity contribution < 1.29 is 28.9 Å². The van der Waals surface area contributed by atoms with Crippen LogP contribution in [0, 0.1) is 0 Å². The molecule has 1 aliphatic rings. The Hall–Kier alpha value is -4.61. The van der Waals surface area contributed by atoms with Gasteiger partial charge in [-0.25, -0.2) is 4.99 Å². The van der Waals surface area contributed by atoms with Crippen LogP contribution in [0.2, 0.25) is 0 Å². The molecule has 1 aliphatic heterocycles. The van der Waals surface area contributed by atoms with Gasteiger partial charge in [-0.15, -0.1) is 0 Å².